The van der Waals surface area contributed by atoms with Gasteiger partial charge in [0.05, 0.1) is 10.5 Å². The number of rotatable bonds is 6. The number of aryl methyl sites for hydroxylation is 1. The molecule has 1 aliphatic heterocycles. The summed E-state index contributed by atoms with van der Waals surface area (Å²) >= 11 is 6.69. The summed E-state index contributed by atoms with van der Waals surface area (Å²) in [5.74, 6) is 0.268. The zero-order valence-corrected chi connectivity index (χ0v) is 20.7. The summed E-state index contributed by atoms with van der Waals surface area (Å²) in [6.45, 7) is 7.92. The first-order valence-electron chi connectivity index (χ1n) is 10.9. The molecule has 1 aliphatic rings. The van der Waals surface area contributed by atoms with Gasteiger partial charge < -0.3 is 5.32 Å². The molecule has 6 nitrogen and oxygen atoms in total. The lowest BCUT2D eigenvalue weighted by atomic mass is 10.1. The molecule has 1 fully saturated rings. The number of carbonyl (C=O) groups is 1. The van der Waals surface area contributed by atoms with Crippen LogP contribution in [0.15, 0.2) is 58.4 Å². The second-order valence-corrected chi connectivity index (χ2v) is 9.88. The Morgan fingerprint density at radius 1 is 1.15 bits per heavy atom. The number of anilines is 1. The molecule has 33 heavy (non-hydrogen) atoms. The van der Waals surface area contributed by atoms with E-state index in [4.69, 9.17) is 17.2 Å². The Kier molecular flexibility index (Phi) is 6.67. The normalized spacial score (nSPS) is 17.1. The van der Waals surface area contributed by atoms with Gasteiger partial charge in [-0.25, -0.2) is 4.98 Å². The van der Waals surface area contributed by atoms with Crippen LogP contribution in [-0.2, 0) is 4.79 Å². The summed E-state index contributed by atoms with van der Waals surface area (Å²) in [4.78, 5) is 33.4. The smallest absolute Gasteiger partial charge is 0.267 e. The van der Waals surface area contributed by atoms with Crippen molar-refractivity contribution in [2.75, 3.05) is 5.32 Å². The van der Waals surface area contributed by atoms with Gasteiger partial charge in [0.1, 0.15) is 15.8 Å². The fourth-order valence-electron chi connectivity index (χ4n) is 3.70. The van der Waals surface area contributed by atoms with E-state index in [2.05, 4.69) is 5.32 Å². The minimum Gasteiger partial charge on any atom is -0.363 e. The molecule has 0 saturated carbocycles. The van der Waals surface area contributed by atoms with Gasteiger partial charge in [-0.1, -0.05) is 67.3 Å². The average molecular weight is 479 g/mol. The van der Waals surface area contributed by atoms with Gasteiger partial charge in [0.25, 0.3) is 11.5 Å². The molecule has 170 valence electrons. The van der Waals surface area contributed by atoms with Crippen molar-refractivity contribution >= 4 is 51.7 Å². The summed E-state index contributed by atoms with van der Waals surface area (Å²) in [7, 11) is 0. The lowest BCUT2D eigenvalue weighted by Crippen LogP contribution is -2.36. The Morgan fingerprint density at radius 3 is 2.58 bits per heavy atom. The van der Waals surface area contributed by atoms with Crippen molar-refractivity contribution in [3.63, 3.8) is 0 Å². The Balaban J connectivity index is 1.84. The number of pyridine rings is 1. The summed E-state index contributed by atoms with van der Waals surface area (Å²) in [5, 5.41) is 3.38. The molecule has 0 aliphatic carbocycles. The number of amides is 1. The molecule has 0 radical (unpaired) electrons. The molecule has 3 aromatic rings. The zero-order chi connectivity index (χ0) is 23.7. The van der Waals surface area contributed by atoms with Crippen LogP contribution in [0.1, 0.15) is 49.9 Å². The van der Waals surface area contributed by atoms with E-state index in [1.165, 1.54) is 16.2 Å². The van der Waals surface area contributed by atoms with Gasteiger partial charge in [0, 0.05) is 18.3 Å². The fraction of sp³-hybridized carbons (Fsp3) is 0.280. The van der Waals surface area contributed by atoms with E-state index in [1.54, 1.807) is 17.2 Å². The van der Waals surface area contributed by atoms with Gasteiger partial charge in [0.15, 0.2) is 0 Å². The third-order valence-corrected chi connectivity index (χ3v) is 7.12. The first-order valence-corrected chi connectivity index (χ1v) is 12.1. The van der Waals surface area contributed by atoms with E-state index in [1.807, 2.05) is 70.2 Å². The van der Waals surface area contributed by atoms with Crippen LogP contribution >= 0.6 is 24.0 Å². The van der Waals surface area contributed by atoms with Crippen molar-refractivity contribution in [3.8, 4) is 0 Å². The number of aromatic nitrogens is 2. The van der Waals surface area contributed by atoms with Crippen molar-refractivity contribution in [2.45, 2.75) is 46.2 Å². The van der Waals surface area contributed by atoms with Gasteiger partial charge in [-0.15, -0.1) is 0 Å². The standard InChI is InChI=1S/C25H26N4O2S2/c1-5-16(3)29-24(31)20(33-25(29)32)13-19-22(26-17(4)18-9-7-6-8-10-18)27-21-12-11-15(2)14-28(21)23(19)30/h6-14,16-17,26H,5H2,1-4H3/b20-13-/t16-,17-/m0/s1. The largest absolute Gasteiger partial charge is 0.363 e. The first-order chi connectivity index (χ1) is 15.8. The van der Waals surface area contributed by atoms with E-state index >= 15 is 0 Å². The molecule has 0 spiro atoms. The molecule has 0 bridgehead atoms. The predicted molar refractivity (Wildman–Crippen MR) is 139 cm³/mol. The molecule has 4 rings (SSSR count). The number of hydrogen-bond acceptors (Lipinski definition) is 6. The minimum absolute atomic E-state index is 0.00225. The molecule has 2 atom stereocenters. The van der Waals surface area contributed by atoms with E-state index in [0.717, 1.165) is 17.5 Å². The Morgan fingerprint density at radius 2 is 1.88 bits per heavy atom. The van der Waals surface area contributed by atoms with Crippen LogP contribution in [0.2, 0.25) is 0 Å². The first kappa shape index (κ1) is 23.2. The monoisotopic (exact) mass is 478 g/mol. The number of carbonyl (C=O) groups excluding carboxylic acids is 1. The summed E-state index contributed by atoms with van der Waals surface area (Å²) in [6.07, 6.45) is 4.18. The maximum absolute atomic E-state index is 13.5. The van der Waals surface area contributed by atoms with Gasteiger partial charge in [0.2, 0.25) is 0 Å². The molecular formula is C25H26N4O2S2. The van der Waals surface area contributed by atoms with E-state index in [9.17, 15) is 9.59 Å². The highest BCUT2D eigenvalue weighted by atomic mass is 32.2. The highest BCUT2D eigenvalue weighted by Gasteiger charge is 2.35. The zero-order valence-electron chi connectivity index (χ0n) is 19.0. The topological polar surface area (TPSA) is 66.7 Å². The van der Waals surface area contributed by atoms with Gasteiger partial charge in [-0.2, -0.15) is 0 Å². The number of thiocarbonyl (C=S) groups is 1. The Hall–Kier alpha value is -2.97. The molecular weight excluding hydrogens is 452 g/mol. The van der Waals surface area contributed by atoms with Gasteiger partial charge in [-0.05, 0) is 50.5 Å². The molecule has 1 saturated heterocycles. The average Bonchev–Trinajstić information content (AvgIpc) is 3.09. The molecule has 0 unspecified atom stereocenters. The second-order valence-electron chi connectivity index (χ2n) is 8.20. The van der Waals surface area contributed by atoms with Crippen molar-refractivity contribution in [2.24, 2.45) is 0 Å². The van der Waals surface area contributed by atoms with Crippen LogP contribution < -0.4 is 10.9 Å². The molecule has 1 amide bonds. The van der Waals surface area contributed by atoms with Gasteiger partial charge in [-0.3, -0.25) is 18.9 Å². The van der Waals surface area contributed by atoms with Crippen LogP contribution in [0.4, 0.5) is 5.82 Å². The highest BCUT2D eigenvalue weighted by molar-refractivity contribution is 8.26. The van der Waals surface area contributed by atoms with Crippen LogP contribution in [0.25, 0.3) is 11.7 Å². The lowest BCUT2D eigenvalue weighted by Gasteiger charge is -2.21. The number of hydrogen-bond donors (Lipinski definition) is 1. The third kappa shape index (κ3) is 4.58. The quantitative estimate of drug-likeness (QED) is 0.389. The van der Waals surface area contributed by atoms with Gasteiger partial charge >= 0.3 is 0 Å². The summed E-state index contributed by atoms with van der Waals surface area (Å²) < 4.78 is 2.03. The molecule has 1 aromatic carbocycles. The maximum atomic E-state index is 13.5. The van der Waals surface area contributed by atoms with E-state index in [0.29, 0.717) is 26.3 Å². The van der Waals surface area contributed by atoms with Crippen molar-refractivity contribution in [1.29, 1.82) is 0 Å². The summed E-state index contributed by atoms with van der Waals surface area (Å²) in [6, 6.07) is 13.6. The van der Waals surface area contributed by atoms with Crippen LogP contribution in [0.5, 0.6) is 0 Å². The number of thioether (sulfide) groups is 1. The van der Waals surface area contributed by atoms with Crippen molar-refractivity contribution in [1.82, 2.24) is 14.3 Å². The van der Waals surface area contributed by atoms with Crippen LogP contribution in [0, 0.1) is 6.92 Å². The van der Waals surface area contributed by atoms with Crippen molar-refractivity contribution in [3.05, 3.63) is 80.6 Å². The predicted octanol–water partition coefficient (Wildman–Crippen LogP) is 5.18. The van der Waals surface area contributed by atoms with Crippen molar-refractivity contribution < 1.29 is 4.79 Å². The third-order valence-electron chi connectivity index (χ3n) is 5.79. The molecule has 8 heteroatoms. The van der Waals surface area contributed by atoms with E-state index in [-0.39, 0.29) is 23.6 Å². The summed E-state index contributed by atoms with van der Waals surface area (Å²) in [5.41, 5.74) is 2.65. The molecule has 1 N–H and O–H groups in total. The number of fused-ring (bicyclic) bond motifs is 1. The molecule has 2 aromatic heterocycles. The molecule has 3 heterocycles. The lowest BCUT2D eigenvalue weighted by molar-refractivity contribution is -0.123. The highest BCUT2D eigenvalue weighted by Crippen LogP contribution is 2.35. The Bertz CT molecular complexity index is 1320. The van der Waals surface area contributed by atoms with Crippen LogP contribution in [0.3, 0.4) is 0 Å². The Labute approximate surface area is 202 Å². The SMILES string of the molecule is CC[C@H](C)N1C(=O)/C(=C/c2c(N[C@@H](C)c3ccccc3)nc3ccc(C)cn3c2=O)SC1=S. The maximum Gasteiger partial charge on any atom is 0.267 e. The fourth-order valence-corrected chi connectivity index (χ4v) is 5.15. The number of nitrogens with one attached hydrogen (secondary N) is 1. The second kappa shape index (κ2) is 9.49. The van der Waals surface area contributed by atoms with Crippen LogP contribution in [-0.4, -0.2) is 30.6 Å². The minimum atomic E-state index is -0.236. The number of benzene rings is 1. The number of nitrogens with zero attached hydrogens (tertiary/aromatic N) is 3. The van der Waals surface area contributed by atoms with E-state index < -0.39 is 0 Å².